The number of fused-ring (bicyclic) bond motifs is 5. The molecule has 13 rings (SSSR count). The van der Waals surface area contributed by atoms with E-state index in [1.807, 2.05) is 18.6 Å². The molecular formula is C53H63BrN14O2. The summed E-state index contributed by atoms with van der Waals surface area (Å²) in [6.07, 6.45) is 43.3. The summed E-state index contributed by atoms with van der Waals surface area (Å²) in [7, 11) is 0. The Morgan fingerprint density at radius 2 is 1.01 bits per heavy atom. The van der Waals surface area contributed by atoms with Crippen molar-refractivity contribution in [1.29, 1.82) is 0 Å². The minimum atomic E-state index is -0.248. The SMILES string of the molecule is BrC1CCCc2ncncc21.C1=C(N2CCCC2)CCCC1.NC1CCCc2ncncc21.O=C1c2ccccc2C(=O)N1C1CCCc2ncncc21.c1ncc2c(n1)CCCC2.c1ncncn1. The number of aryl methyl sites for hydroxylation is 5. The second-order valence-electron chi connectivity index (χ2n) is 18.2. The van der Waals surface area contributed by atoms with Gasteiger partial charge in [0.15, 0.2) is 0 Å². The van der Waals surface area contributed by atoms with Gasteiger partial charge in [0, 0.05) is 93.9 Å². The van der Waals surface area contributed by atoms with Gasteiger partial charge in [0.1, 0.15) is 44.3 Å². The number of carbonyl (C=O) groups is 2. The molecule has 2 aliphatic heterocycles. The van der Waals surface area contributed by atoms with Crippen LogP contribution < -0.4 is 5.73 Å². The monoisotopic (exact) mass is 1010 g/mol. The van der Waals surface area contributed by atoms with E-state index in [1.54, 1.807) is 55.1 Å². The van der Waals surface area contributed by atoms with Crippen molar-refractivity contribution >= 4 is 27.7 Å². The Balaban J connectivity index is 0.000000118. The van der Waals surface area contributed by atoms with Crippen molar-refractivity contribution in [3.63, 3.8) is 0 Å². The summed E-state index contributed by atoms with van der Waals surface area (Å²) in [4.78, 5) is 73.2. The third-order valence-corrected chi connectivity index (χ3v) is 14.5. The van der Waals surface area contributed by atoms with Crippen molar-refractivity contribution in [2.24, 2.45) is 5.73 Å². The normalized spacial score (nSPS) is 20.3. The molecule has 6 aromatic rings. The van der Waals surface area contributed by atoms with Gasteiger partial charge in [-0.1, -0.05) is 34.1 Å². The van der Waals surface area contributed by atoms with Crippen LogP contribution in [0, 0.1) is 0 Å². The zero-order chi connectivity index (χ0) is 48.3. The predicted molar refractivity (Wildman–Crippen MR) is 269 cm³/mol. The number of nitrogens with zero attached hydrogens (tertiary/aromatic N) is 13. The molecule has 0 bridgehead atoms. The number of alkyl halides is 1. The Labute approximate surface area is 419 Å². The number of hydrogen-bond acceptors (Lipinski definition) is 15. The zero-order valence-electron chi connectivity index (χ0n) is 39.9. The fourth-order valence-electron chi connectivity index (χ4n) is 9.94. The van der Waals surface area contributed by atoms with Gasteiger partial charge >= 0.3 is 0 Å². The Hall–Kier alpha value is -6.33. The summed E-state index contributed by atoms with van der Waals surface area (Å²) in [6.45, 7) is 2.65. The van der Waals surface area contributed by atoms with E-state index in [4.69, 9.17) is 5.73 Å². The molecule has 3 atom stereocenters. The van der Waals surface area contributed by atoms with Gasteiger partial charge in [-0.15, -0.1) is 0 Å². The largest absolute Gasteiger partial charge is 0.375 e. The number of likely N-dealkylation sites (tertiary alicyclic amines) is 1. The maximum Gasteiger partial charge on any atom is 0.262 e. The Bertz CT molecular complexity index is 2510. The first-order valence-corrected chi connectivity index (χ1v) is 25.9. The van der Waals surface area contributed by atoms with Gasteiger partial charge < -0.3 is 10.6 Å². The van der Waals surface area contributed by atoms with Crippen LogP contribution in [-0.2, 0) is 32.1 Å². The van der Waals surface area contributed by atoms with E-state index in [9.17, 15) is 9.59 Å². The number of aromatic nitrogens is 11. The van der Waals surface area contributed by atoms with Gasteiger partial charge in [0.05, 0.1) is 17.2 Å². The molecule has 0 radical (unpaired) electrons. The van der Waals surface area contributed by atoms with Crippen molar-refractivity contribution < 1.29 is 9.59 Å². The summed E-state index contributed by atoms with van der Waals surface area (Å²) < 4.78 is 0. The van der Waals surface area contributed by atoms with Gasteiger partial charge in [-0.2, -0.15) is 0 Å². The maximum absolute atomic E-state index is 12.6. The van der Waals surface area contributed by atoms with E-state index in [-0.39, 0.29) is 23.9 Å². The fraction of sp³-hybridized carbons (Fsp3) is 0.453. The van der Waals surface area contributed by atoms with Crippen molar-refractivity contribution in [3.8, 4) is 0 Å². The smallest absolute Gasteiger partial charge is 0.262 e. The van der Waals surface area contributed by atoms with E-state index in [0.717, 1.165) is 73.9 Å². The number of carbonyl (C=O) groups excluding carboxylic acids is 2. The number of allylic oxidation sites excluding steroid dienone is 2. The summed E-state index contributed by atoms with van der Waals surface area (Å²) in [6, 6.07) is 6.90. The van der Waals surface area contributed by atoms with Crippen LogP contribution in [-0.4, -0.2) is 89.5 Å². The lowest BCUT2D eigenvalue weighted by molar-refractivity contribution is 0.0565. The van der Waals surface area contributed by atoms with Crippen LogP contribution in [0.3, 0.4) is 0 Å². The van der Waals surface area contributed by atoms with Crippen LogP contribution in [0.4, 0.5) is 0 Å². The molecule has 0 saturated carbocycles. The molecular weight excluding hydrogens is 945 g/mol. The lowest BCUT2D eigenvalue weighted by Gasteiger charge is -2.30. The Morgan fingerprint density at radius 1 is 0.500 bits per heavy atom. The van der Waals surface area contributed by atoms with Crippen LogP contribution in [0.25, 0.3) is 0 Å². The Morgan fingerprint density at radius 3 is 1.60 bits per heavy atom. The molecule has 364 valence electrons. The molecule has 1 fully saturated rings. The number of amides is 2. The van der Waals surface area contributed by atoms with Crippen LogP contribution in [0.5, 0.6) is 0 Å². The van der Waals surface area contributed by atoms with Crippen LogP contribution >= 0.6 is 15.9 Å². The molecule has 17 heteroatoms. The number of nitrogens with two attached hydrogens (primary N) is 1. The minimum absolute atomic E-state index is 0.167. The fourth-order valence-corrected chi connectivity index (χ4v) is 10.6. The van der Waals surface area contributed by atoms with E-state index < -0.39 is 0 Å². The molecule has 5 aliphatic carbocycles. The Kier molecular flexibility index (Phi) is 18.6. The summed E-state index contributed by atoms with van der Waals surface area (Å²) in [5.74, 6) is -0.422. The maximum atomic E-state index is 12.6. The molecule has 16 nitrogen and oxygen atoms in total. The first-order chi connectivity index (χ1) is 34.5. The van der Waals surface area contributed by atoms with E-state index in [0.29, 0.717) is 16.0 Å². The van der Waals surface area contributed by atoms with Gasteiger partial charge in [-0.3, -0.25) is 14.5 Å². The van der Waals surface area contributed by atoms with E-state index in [2.05, 4.69) is 81.7 Å². The summed E-state index contributed by atoms with van der Waals surface area (Å²) >= 11 is 3.61. The summed E-state index contributed by atoms with van der Waals surface area (Å²) in [5.41, 5.74) is 17.7. The van der Waals surface area contributed by atoms with Gasteiger partial charge in [-0.25, -0.2) is 54.8 Å². The number of hydrogen-bond donors (Lipinski definition) is 1. The first-order valence-electron chi connectivity index (χ1n) is 25.0. The molecule has 5 aromatic heterocycles. The average molecular weight is 1010 g/mol. The van der Waals surface area contributed by atoms with Crippen LogP contribution in [0.1, 0.15) is 173 Å². The van der Waals surface area contributed by atoms with Crippen molar-refractivity contribution in [2.45, 2.75) is 139 Å². The molecule has 0 spiro atoms. The number of rotatable bonds is 2. The second-order valence-corrected chi connectivity index (χ2v) is 19.3. The van der Waals surface area contributed by atoms with Crippen molar-refractivity contribution in [3.05, 3.63) is 161 Å². The van der Waals surface area contributed by atoms with E-state index in [1.165, 1.54) is 136 Å². The third kappa shape index (κ3) is 13.3. The minimum Gasteiger partial charge on any atom is -0.375 e. The highest BCUT2D eigenvalue weighted by Gasteiger charge is 2.42. The van der Waals surface area contributed by atoms with Crippen LogP contribution in [0.15, 0.2) is 105 Å². The highest BCUT2D eigenvalue weighted by atomic mass is 79.9. The van der Waals surface area contributed by atoms with Gasteiger partial charge in [0.25, 0.3) is 11.8 Å². The molecule has 1 saturated heterocycles. The molecule has 7 aliphatic rings. The second kappa shape index (κ2) is 26.0. The topological polar surface area (TPSA) is 208 Å². The number of halogens is 1. The first kappa shape index (κ1) is 50.1. The zero-order valence-corrected chi connectivity index (χ0v) is 41.5. The lowest BCUT2D eigenvalue weighted by atomic mass is 9.91. The summed E-state index contributed by atoms with van der Waals surface area (Å²) in [5, 5.41) is 0. The standard InChI is InChI=1S/C16H13N3O2.C10H17N.C8H9BrN2.C8H11N3.C8H10N2.C3H3N3/c20-15-10-4-1-2-5-11(10)16(21)19(15)14-7-3-6-13-12(14)8-17-9-18-13;1-2-6-10(7-3-1)11-8-4-5-9-11;2*9-7-2-1-3-8-6(7)4-10-5-11-8;1-2-4-8-7(3-1)5-9-6-10-8;1-4-2-6-3-5-1/h1-2,4-5,8-9,14H,3,6-7H2;6H,1-5,7-9H2;4-5,7H,1-3H2;4-5,7H,1-3,9H2;5-6H,1-4H2;1-3H. The van der Waals surface area contributed by atoms with Crippen molar-refractivity contribution in [2.75, 3.05) is 13.1 Å². The van der Waals surface area contributed by atoms with Crippen molar-refractivity contribution in [1.82, 2.24) is 64.6 Å². The van der Waals surface area contributed by atoms with Gasteiger partial charge in [-0.05, 0) is 140 Å². The molecule has 3 unspecified atom stereocenters. The number of imide groups is 1. The highest BCUT2D eigenvalue weighted by molar-refractivity contribution is 9.09. The lowest BCUT2D eigenvalue weighted by Crippen LogP contribution is -2.36. The molecule has 7 heterocycles. The van der Waals surface area contributed by atoms with E-state index >= 15 is 0 Å². The quantitative estimate of drug-likeness (QED) is 0.127. The molecule has 2 N–H and O–H groups in total. The van der Waals surface area contributed by atoms with Gasteiger partial charge in [0.2, 0.25) is 0 Å². The molecule has 2 amide bonds. The predicted octanol–water partition coefficient (Wildman–Crippen LogP) is 8.98. The molecule has 1 aromatic carbocycles. The highest BCUT2D eigenvalue weighted by Crippen LogP contribution is 2.38. The van der Waals surface area contributed by atoms with Crippen LogP contribution in [0.2, 0.25) is 0 Å². The molecule has 70 heavy (non-hydrogen) atoms. The third-order valence-electron chi connectivity index (χ3n) is 13.6. The average Bonchev–Trinajstić information content (AvgIpc) is 4.07. The number of benzene rings is 1.